The zero-order chi connectivity index (χ0) is 27.6. The van der Waals surface area contributed by atoms with Gasteiger partial charge in [0.05, 0.1) is 27.3 Å². The second-order valence-electron chi connectivity index (χ2n) is 9.88. The molecule has 6 rings (SSSR count). The Morgan fingerprint density at radius 2 is 2.02 bits per heavy atom. The lowest BCUT2D eigenvalue weighted by molar-refractivity contribution is -0.117. The van der Waals surface area contributed by atoms with E-state index in [1.54, 1.807) is 30.6 Å². The highest BCUT2D eigenvalue weighted by Gasteiger charge is 2.25. The van der Waals surface area contributed by atoms with E-state index < -0.39 is 5.69 Å². The zero-order valence-corrected chi connectivity index (χ0v) is 22.4. The SMILES string of the molecule is C=CC(=O)N[C@@H]1CCC[C@@H](CC(O)=c2sc3nccc4c3c2nc(=O)n4-c2ccc(Oc3ccccc3)nc2)C1. The van der Waals surface area contributed by atoms with E-state index in [0.29, 0.717) is 44.1 Å². The van der Waals surface area contributed by atoms with E-state index in [1.807, 2.05) is 30.3 Å². The Kier molecular flexibility index (Phi) is 7.00. The van der Waals surface area contributed by atoms with Crippen molar-refractivity contribution < 1.29 is 14.6 Å². The number of amides is 1. The van der Waals surface area contributed by atoms with Gasteiger partial charge in [-0.15, -0.1) is 11.3 Å². The highest BCUT2D eigenvalue weighted by molar-refractivity contribution is 7.17. The second-order valence-corrected chi connectivity index (χ2v) is 10.9. The van der Waals surface area contributed by atoms with Crippen molar-refractivity contribution in [2.75, 3.05) is 0 Å². The number of thiophene rings is 1. The summed E-state index contributed by atoms with van der Waals surface area (Å²) in [7, 11) is 0. The Balaban J connectivity index is 1.34. The fourth-order valence-electron chi connectivity index (χ4n) is 5.39. The van der Waals surface area contributed by atoms with Gasteiger partial charge in [0.2, 0.25) is 11.8 Å². The van der Waals surface area contributed by atoms with Crippen LogP contribution in [0.4, 0.5) is 0 Å². The van der Waals surface area contributed by atoms with Crippen molar-refractivity contribution in [2.45, 2.75) is 38.1 Å². The van der Waals surface area contributed by atoms with Crippen molar-refractivity contribution in [1.82, 2.24) is 24.8 Å². The van der Waals surface area contributed by atoms with Gasteiger partial charge >= 0.3 is 5.69 Å². The molecule has 2 N–H and O–H groups in total. The van der Waals surface area contributed by atoms with Gasteiger partial charge in [-0.05, 0) is 55.5 Å². The topological polar surface area (TPSA) is 119 Å². The molecule has 4 aromatic heterocycles. The number of pyridine rings is 2. The molecule has 1 fully saturated rings. The highest BCUT2D eigenvalue weighted by Crippen LogP contribution is 2.31. The number of aliphatic hydroxyl groups is 1. The minimum atomic E-state index is -0.476. The molecule has 1 amide bonds. The number of benzene rings is 1. The molecule has 1 aliphatic carbocycles. The average Bonchev–Trinajstić information content (AvgIpc) is 3.34. The number of carbonyl (C=O) groups excluding carboxylic acids is 1. The molecule has 0 unspecified atom stereocenters. The van der Waals surface area contributed by atoms with Gasteiger partial charge in [0, 0.05) is 24.7 Å². The van der Waals surface area contributed by atoms with Crippen molar-refractivity contribution in [3.05, 3.63) is 88.6 Å². The smallest absolute Gasteiger partial charge is 0.353 e. The number of rotatable bonds is 7. The maximum absolute atomic E-state index is 13.4. The maximum Gasteiger partial charge on any atom is 0.353 e. The molecule has 1 aliphatic rings. The van der Waals surface area contributed by atoms with Crippen LogP contribution in [0.5, 0.6) is 11.6 Å². The molecule has 4 heterocycles. The fourth-order valence-corrected chi connectivity index (χ4v) is 6.44. The minimum Gasteiger partial charge on any atom is -0.511 e. The third-order valence-electron chi connectivity index (χ3n) is 7.19. The number of ether oxygens (including phenoxy) is 1. The molecule has 40 heavy (non-hydrogen) atoms. The summed E-state index contributed by atoms with van der Waals surface area (Å²) in [6.07, 6.45) is 8.55. The second kappa shape index (κ2) is 10.9. The van der Waals surface area contributed by atoms with E-state index in [2.05, 4.69) is 26.8 Å². The molecule has 202 valence electrons. The highest BCUT2D eigenvalue weighted by atomic mass is 32.1. The molecule has 0 bridgehead atoms. The summed E-state index contributed by atoms with van der Waals surface area (Å²) in [5.41, 5.74) is 1.16. The largest absolute Gasteiger partial charge is 0.511 e. The molecule has 0 aliphatic heterocycles. The lowest BCUT2D eigenvalue weighted by Crippen LogP contribution is -2.37. The van der Waals surface area contributed by atoms with Gasteiger partial charge < -0.3 is 15.2 Å². The number of nitrogens with one attached hydrogen (secondary N) is 1. The van der Waals surface area contributed by atoms with E-state index in [0.717, 1.165) is 31.1 Å². The van der Waals surface area contributed by atoms with Crippen LogP contribution < -0.4 is 20.3 Å². The standard InChI is InChI=1S/C30H27N5O4S/c1-2-24(37)33-19-8-6-7-18(15-19)16-23(36)28-27-26-22(13-14-31-29(26)40-28)35(30(38)34-27)20-11-12-25(32-17-20)39-21-9-4-3-5-10-21/h2-5,9-14,17-19,36H,1,6-8,15-16H2,(H,33,37)/t18-,19-/m1/s1. The normalized spacial score (nSPS) is 18.0. The van der Waals surface area contributed by atoms with Gasteiger partial charge in [0.25, 0.3) is 0 Å². The summed E-state index contributed by atoms with van der Waals surface area (Å²) in [5.74, 6) is 1.29. The Morgan fingerprint density at radius 3 is 2.80 bits per heavy atom. The van der Waals surface area contributed by atoms with Gasteiger partial charge in [-0.2, -0.15) is 4.98 Å². The van der Waals surface area contributed by atoms with Crippen molar-refractivity contribution in [2.24, 2.45) is 5.92 Å². The van der Waals surface area contributed by atoms with Crippen LogP contribution in [-0.2, 0) is 4.79 Å². The maximum atomic E-state index is 13.4. The third kappa shape index (κ3) is 5.05. The summed E-state index contributed by atoms with van der Waals surface area (Å²) in [4.78, 5) is 39.1. The first-order chi connectivity index (χ1) is 19.5. The van der Waals surface area contributed by atoms with E-state index in [9.17, 15) is 14.7 Å². The number of para-hydroxylation sites is 1. The van der Waals surface area contributed by atoms with Crippen LogP contribution in [0.3, 0.4) is 0 Å². The molecule has 1 aromatic carbocycles. The molecule has 10 heteroatoms. The van der Waals surface area contributed by atoms with Crippen molar-refractivity contribution in [1.29, 1.82) is 0 Å². The predicted octanol–water partition coefficient (Wildman–Crippen LogP) is 4.82. The van der Waals surface area contributed by atoms with Crippen LogP contribution in [0.15, 0.2) is 78.4 Å². The quantitative estimate of drug-likeness (QED) is 0.277. The van der Waals surface area contributed by atoms with Crippen molar-refractivity contribution in [3.8, 4) is 17.3 Å². The van der Waals surface area contributed by atoms with E-state index >= 15 is 0 Å². The molecule has 0 radical (unpaired) electrons. The van der Waals surface area contributed by atoms with Crippen LogP contribution in [0.25, 0.3) is 32.7 Å². The molecular formula is C30H27N5O4S. The monoisotopic (exact) mass is 553 g/mol. The number of hydrogen-bond donors (Lipinski definition) is 2. The third-order valence-corrected chi connectivity index (χ3v) is 8.32. The van der Waals surface area contributed by atoms with Crippen LogP contribution in [-0.4, -0.2) is 36.6 Å². The molecule has 5 aromatic rings. The van der Waals surface area contributed by atoms with Gasteiger partial charge in [-0.1, -0.05) is 31.2 Å². The van der Waals surface area contributed by atoms with Gasteiger partial charge in [0.15, 0.2) is 0 Å². The first-order valence-electron chi connectivity index (χ1n) is 13.1. The molecule has 0 saturated heterocycles. The van der Waals surface area contributed by atoms with E-state index in [1.165, 1.54) is 22.0 Å². The molecule has 2 atom stereocenters. The van der Waals surface area contributed by atoms with Crippen molar-refractivity contribution in [3.63, 3.8) is 0 Å². The fraction of sp³-hybridized carbons (Fsp3) is 0.233. The van der Waals surface area contributed by atoms with Gasteiger partial charge in [-0.25, -0.2) is 14.8 Å². The average molecular weight is 554 g/mol. The number of aliphatic hydroxyl groups excluding tert-OH is 1. The molecule has 0 spiro atoms. The Hall–Kier alpha value is -4.57. The Labute approximate surface area is 233 Å². The summed E-state index contributed by atoms with van der Waals surface area (Å²) >= 11 is 1.33. The lowest BCUT2D eigenvalue weighted by atomic mass is 9.83. The first-order valence-corrected chi connectivity index (χ1v) is 14.0. The minimum absolute atomic E-state index is 0.0593. The number of hydrogen-bond acceptors (Lipinski definition) is 8. The molecular weight excluding hydrogens is 526 g/mol. The van der Waals surface area contributed by atoms with E-state index in [-0.39, 0.29) is 23.6 Å². The van der Waals surface area contributed by atoms with Crippen LogP contribution in [0.1, 0.15) is 32.1 Å². The first kappa shape index (κ1) is 25.7. The van der Waals surface area contributed by atoms with Gasteiger partial charge in [-0.3, -0.25) is 9.36 Å². The summed E-state index contributed by atoms with van der Waals surface area (Å²) in [5, 5.41) is 14.9. The van der Waals surface area contributed by atoms with E-state index in [4.69, 9.17) is 4.74 Å². The number of carbonyl (C=O) groups is 1. The van der Waals surface area contributed by atoms with Crippen molar-refractivity contribution >= 4 is 44.3 Å². The zero-order valence-electron chi connectivity index (χ0n) is 21.6. The lowest BCUT2D eigenvalue weighted by Gasteiger charge is -2.29. The Bertz CT molecular complexity index is 1810. The van der Waals surface area contributed by atoms with Crippen LogP contribution in [0.2, 0.25) is 0 Å². The predicted molar refractivity (Wildman–Crippen MR) is 155 cm³/mol. The molecule has 1 saturated carbocycles. The van der Waals surface area contributed by atoms with Gasteiger partial charge in [0.1, 0.15) is 21.9 Å². The Morgan fingerprint density at radius 1 is 1.18 bits per heavy atom. The summed E-state index contributed by atoms with van der Waals surface area (Å²) in [6.45, 7) is 3.52. The number of aromatic nitrogens is 4. The van der Waals surface area contributed by atoms with Crippen LogP contribution >= 0.6 is 11.3 Å². The number of nitrogens with zero attached hydrogens (tertiary/aromatic N) is 4. The summed E-state index contributed by atoms with van der Waals surface area (Å²) < 4.78 is 7.84. The summed E-state index contributed by atoms with van der Waals surface area (Å²) in [6, 6.07) is 14.6. The van der Waals surface area contributed by atoms with Crippen LogP contribution in [0, 0.1) is 5.92 Å². The molecule has 9 nitrogen and oxygen atoms in total.